The first-order valence-corrected chi connectivity index (χ1v) is 5.90. The van der Waals surface area contributed by atoms with Crippen molar-refractivity contribution in [3.8, 4) is 5.75 Å². The van der Waals surface area contributed by atoms with Gasteiger partial charge in [-0.1, -0.05) is 44.7 Å². The number of rotatable bonds is 8. The summed E-state index contributed by atoms with van der Waals surface area (Å²) in [5, 5.41) is 0. The van der Waals surface area contributed by atoms with Crippen LogP contribution in [0.2, 0.25) is 0 Å². The molecule has 0 amide bonds. The molecule has 0 saturated carbocycles. The molecule has 0 unspecified atom stereocenters. The second-order valence-electron chi connectivity index (χ2n) is 4.23. The zero-order valence-electron chi connectivity index (χ0n) is 10.6. The third-order valence-electron chi connectivity index (χ3n) is 2.11. The third-order valence-corrected chi connectivity index (χ3v) is 2.11. The highest BCUT2D eigenvalue weighted by atomic mass is 16.6. The molecule has 0 aromatic heterocycles. The number of ether oxygens (including phenoxy) is 1. The van der Waals surface area contributed by atoms with Crippen LogP contribution < -0.4 is 10.2 Å². The lowest BCUT2D eigenvalue weighted by molar-refractivity contribution is 0.0193. The van der Waals surface area contributed by atoms with Crippen molar-refractivity contribution in [3.63, 3.8) is 0 Å². The second kappa shape index (κ2) is 7.87. The SMILES string of the molecule is C=CCOc1ccccc1CNOCC(C)C. The van der Waals surface area contributed by atoms with E-state index in [-0.39, 0.29) is 0 Å². The van der Waals surface area contributed by atoms with E-state index in [1.165, 1.54) is 0 Å². The van der Waals surface area contributed by atoms with Crippen molar-refractivity contribution in [2.75, 3.05) is 13.2 Å². The first-order valence-electron chi connectivity index (χ1n) is 5.90. The van der Waals surface area contributed by atoms with Crippen molar-refractivity contribution in [1.29, 1.82) is 0 Å². The summed E-state index contributed by atoms with van der Waals surface area (Å²) >= 11 is 0. The monoisotopic (exact) mass is 235 g/mol. The summed E-state index contributed by atoms with van der Waals surface area (Å²) in [6, 6.07) is 7.91. The van der Waals surface area contributed by atoms with Gasteiger partial charge in [0, 0.05) is 12.1 Å². The molecular formula is C14H21NO2. The topological polar surface area (TPSA) is 30.5 Å². The standard InChI is InChI=1S/C14H21NO2/c1-4-9-16-14-8-6-5-7-13(14)10-15-17-11-12(2)3/h4-8,12,15H,1,9-11H2,2-3H3. The van der Waals surface area contributed by atoms with Gasteiger partial charge in [0.1, 0.15) is 12.4 Å². The molecular weight excluding hydrogens is 214 g/mol. The minimum atomic E-state index is 0.518. The molecule has 0 aliphatic carbocycles. The largest absolute Gasteiger partial charge is 0.489 e. The lowest BCUT2D eigenvalue weighted by atomic mass is 10.2. The van der Waals surface area contributed by atoms with Crippen LogP contribution in [-0.4, -0.2) is 13.2 Å². The summed E-state index contributed by atoms with van der Waals surface area (Å²) in [6.45, 7) is 9.72. The second-order valence-corrected chi connectivity index (χ2v) is 4.23. The van der Waals surface area contributed by atoms with Gasteiger partial charge in [0.15, 0.2) is 0 Å². The van der Waals surface area contributed by atoms with Crippen LogP contribution in [0.25, 0.3) is 0 Å². The van der Waals surface area contributed by atoms with Gasteiger partial charge >= 0.3 is 0 Å². The molecule has 0 spiro atoms. The molecule has 0 aliphatic rings. The number of benzene rings is 1. The maximum Gasteiger partial charge on any atom is 0.124 e. The highest BCUT2D eigenvalue weighted by Gasteiger charge is 2.02. The van der Waals surface area contributed by atoms with Crippen LogP contribution in [0.5, 0.6) is 5.75 Å². The smallest absolute Gasteiger partial charge is 0.124 e. The van der Waals surface area contributed by atoms with E-state index in [1.54, 1.807) is 6.08 Å². The van der Waals surface area contributed by atoms with Crippen LogP contribution in [0.15, 0.2) is 36.9 Å². The van der Waals surface area contributed by atoms with E-state index < -0.39 is 0 Å². The highest BCUT2D eigenvalue weighted by molar-refractivity contribution is 5.33. The summed E-state index contributed by atoms with van der Waals surface area (Å²) in [5.41, 5.74) is 4.03. The molecule has 0 radical (unpaired) electrons. The van der Waals surface area contributed by atoms with E-state index >= 15 is 0 Å². The van der Waals surface area contributed by atoms with Gasteiger partial charge in [0.2, 0.25) is 0 Å². The third kappa shape index (κ3) is 5.52. The Labute approximate surface area is 103 Å². The highest BCUT2D eigenvalue weighted by Crippen LogP contribution is 2.17. The Bertz CT molecular complexity index is 337. The Balaban J connectivity index is 2.43. The van der Waals surface area contributed by atoms with Crippen LogP contribution in [0.1, 0.15) is 19.4 Å². The number of nitrogens with one attached hydrogen (secondary N) is 1. The van der Waals surface area contributed by atoms with Crippen LogP contribution in [0, 0.1) is 5.92 Å². The molecule has 0 saturated heterocycles. The van der Waals surface area contributed by atoms with Crippen molar-refractivity contribution in [2.45, 2.75) is 20.4 Å². The van der Waals surface area contributed by atoms with E-state index in [4.69, 9.17) is 9.57 Å². The first-order chi connectivity index (χ1) is 8.24. The quantitative estimate of drug-likeness (QED) is 0.427. The number of hydrogen-bond acceptors (Lipinski definition) is 3. The Morgan fingerprint density at radius 2 is 2.12 bits per heavy atom. The fourth-order valence-electron chi connectivity index (χ4n) is 1.29. The van der Waals surface area contributed by atoms with Crippen LogP contribution in [-0.2, 0) is 11.4 Å². The van der Waals surface area contributed by atoms with E-state index in [1.807, 2.05) is 24.3 Å². The van der Waals surface area contributed by atoms with Gasteiger partial charge in [-0.2, -0.15) is 5.48 Å². The Kier molecular flexibility index (Phi) is 6.37. The Hall–Kier alpha value is -1.32. The lowest BCUT2D eigenvalue weighted by Crippen LogP contribution is -2.17. The van der Waals surface area contributed by atoms with Gasteiger partial charge in [0.25, 0.3) is 0 Å². The van der Waals surface area contributed by atoms with Crippen LogP contribution in [0.4, 0.5) is 0 Å². The molecule has 3 heteroatoms. The van der Waals surface area contributed by atoms with Crippen LogP contribution >= 0.6 is 0 Å². The molecule has 0 fully saturated rings. The van der Waals surface area contributed by atoms with Crippen molar-refractivity contribution in [1.82, 2.24) is 5.48 Å². The van der Waals surface area contributed by atoms with Gasteiger partial charge in [-0.3, -0.25) is 0 Å². The normalized spacial score (nSPS) is 10.5. The molecule has 94 valence electrons. The molecule has 1 aromatic carbocycles. The molecule has 1 N–H and O–H groups in total. The number of hydrogen-bond donors (Lipinski definition) is 1. The summed E-state index contributed by atoms with van der Waals surface area (Å²) in [7, 11) is 0. The number of para-hydroxylation sites is 1. The predicted octanol–water partition coefficient (Wildman–Crippen LogP) is 2.93. The maximum atomic E-state index is 5.55. The number of hydroxylamine groups is 1. The van der Waals surface area contributed by atoms with Gasteiger partial charge in [-0.15, -0.1) is 0 Å². The van der Waals surface area contributed by atoms with Gasteiger partial charge in [-0.25, -0.2) is 0 Å². The van der Waals surface area contributed by atoms with Crippen molar-refractivity contribution < 1.29 is 9.57 Å². The minimum Gasteiger partial charge on any atom is -0.489 e. The molecule has 1 aromatic rings. The predicted molar refractivity (Wildman–Crippen MR) is 69.8 cm³/mol. The van der Waals surface area contributed by atoms with E-state index in [0.717, 1.165) is 11.3 Å². The summed E-state index contributed by atoms with van der Waals surface area (Å²) in [5.74, 6) is 1.39. The fraction of sp³-hybridized carbons (Fsp3) is 0.429. The van der Waals surface area contributed by atoms with Gasteiger partial charge in [-0.05, 0) is 12.0 Å². The molecule has 0 heterocycles. The Morgan fingerprint density at radius 3 is 2.82 bits per heavy atom. The lowest BCUT2D eigenvalue weighted by Gasteiger charge is -2.11. The van der Waals surface area contributed by atoms with E-state index in [9.17, 15) is 0 Å². The average molecular weight is 235 g/mol. The maximum absolute atomic E-state index is 5.55. The van der Waals surface area contributed by atoms with Gasteiger partial charge in [0.05, 0.1) is 6.61 Å². The van der Waals surface area contributed by atoms with Crippen molar-refractivity contribution >= 4 is 0 Å². The molecule has 0 aliphatic heterocycles. The molecule has 17 heavy (non-hydrogen) atoms. The van der Waals surface area contributed by atoms with Crippen LogP contribution in [0.3, 0.4) is 0 Å². The van der Waals surface area contributed by atoms with E-state index in [2.05, 4.69) is 25.9 Å². The molecule has 3 nitrogen and oxygen atoms in total. The van der Waals surface area contributed by atoms with Gasteiger partial charge < -0.3 is 9.57 Å². The molecule has 1 rings (SSSR count). The van der Waals surface area contributed by atoms with E-state index in [0.29, 0.717) is 25.7 Å². The Morgan fingerprint density at radius 1 is 1.35 bits per heavy atom. The average Bonchev–Trinajstić information content (AvgIpc) is 2.33. The summed E-state index contributed by atoms with van der Waals surface area (Å²) < 4.78 is 5.55. The fourth-order valence-corrected chi connectivity index (χ4v) is 1.29. The zero-order chi connectivity index (χ0) is 12.5. The van der Waals surface area contributed by atoms with Crippen molar-refractivity contribution in [3.05, 3.63) is 42.5 Å². The first kappa shape index (κ1) is 13.7. The summed E-state index contributed by atoms with van der Waals surface area (Å²) in [6.07, 6.45) is 1.74. The van der Waals surface area contributed by atoms with Crippen molar-refractivity contribution in [2.24, 2.45) is 5.92 Å². The minimum absolute atomic E-state index is 0.518. The zero-order valence-corrected chi connectivity index (χ0v) is 10.6. The summed E-state index contributed by atoms with van der Waals surface area (Å²) in [4.78, 5) is 5.33. The molecule has 0 atom stereocenters. The molecule has 0 bridgehead atoms.